The van der Waals surface area contributed by atoms with Crippen molar-refractivity contribution in [2.75, 3.05) is 0 Å². The molecule has 0 fully saturated rings. The smallest absolute Gasteiger partial charge is 0.251 e. The molecular formula is C19H16ClN5O. The first-order valence-electron chi connectivity index (χ1n) is 8.15. The van der Waals surface area contributed by atoms with E-state index in [1.54, 1.807) is 24.5 Å². The van der Waals surface area contributed by atoms with Crippen LogP contribution in [0, 0.1) is 0 Å². The summed E-state index contributed by atoms with van der Waals surface area (Å²) in [4.78, 5) is 20.3. The fraction of sp³-hybridized carbons (Fsp3) is 0.105. The SMILES string of the molecule is CC(NC(=O)c1ccc2nc(-c3ccc(Cl)cc3)[nH]c2c1)c1cn[nH]c1. The number of hydrogen-bond donors (Lipinski definition) is 3. The van der Waals surface area contributed by atoms with Crippen LogP contribution in [0.15, 0.2) is 54.9 Å². The lowest BCUT2D eigenvalue weighted by molar-refractivity contribution is 0.0940. The van der Waals surface area contributed by atoms with Gasteiger partial charge in [0.05, 0.1) is 23.3 Å². The Bertz CT molecular complexity index is 1050. The van der Waals surface area contributed by atoms with Gasteiger partial charge in [0.25, 0.3) is 5.91 Å². The summed E-state index contributed by atoms with van der Waals surface area (Å²) in [5.74, 6) is 0.587. The molecule has 0 spiro atoms. The number of fused-ring (bicyclic) bond motifs is 1. The Morgan fingerprint density at radius 1 is 1.19 bits per heavy atom. The van der Waals surface area contributed by atoms with E-state index in [1.165, 1.54) is 0 Å². The van der Waals surface area contributed by atoms with Gasteiger partial charge in [0.2, 0.25) is 0 Å². The van der Waals surface area contributed by atoms with Crippen molar-refractivity contribution in [1.82, 2.24) is 25.5 Å². The summed E-state index contributed by atoms with van der Waals surface area (Å²) < 4.78 is 0. The number of aromatic amines is 2. The molecule has 0 radical (unpaired) electrons. The molecule has 26 heavy (non-hydrogen) atoms. The van der Waals surface area contributed by atoms with Crippen molar-refractivity contribution in [2.45, 2.75) is 13.0 Å². The van der Waals surface area contributed by atoms with Gasteiger partial charge in [-0.25, -0.2) is 4.98 Å². The van der Waals surface area contributed by atoms with Crippen molar-refractivity contribution in [1.29, 1.82) is 0 Å². The minimum Gasteiger partial charge on any atom is -0.345 e. The van der Waals surface area contributed by atoms with E-state index < -0.39 is 0 Å². The minimum absolute atomic E-state index is 0.136. The molecule has 1 unspecified atom stereocenters. The van der Waals surface area contributed by atoms with Gasteiger partial charge in [-0.05, 0) is 49.4 Å². The third-order valence-corrected chi connectivity index (χ3v) is 4.48. The molecule has 0 saturated heterocycles. The standard InChI is InChI=1S/C19H16ClN5O/c1-11(14-9-21-22-10-14)23-19(26)13-4-7-16-17(8-13)25-18(24-16)12-2-5-15(20)6-3-12/h2-11H,1H3,(H,21,22)(H,23,26)(H,24,25). The van der Waals surface area contributed by atoms with E-state index in [-0.39, 0.29) is 11.9 Å². The zero-order valence-corrected chi connectivity index (χ0v) is 14.7. The molecule has 4 rings (SSSR count). The number of halogens is 1. The first-order chi connectivity index (χ1) is 12.6. The lowest BCUT2D eigenvalue weighted by Gasteiger charge is -2.11. The monoisotopic (exact) mass is 365 g/mol. The molecule has 2 heterocycles. The number of aromatic nitrogens is 4. The van der Waals surface area contributed by atoms with E-state index in [9.17, 15) is 4.79 Å². The number of carbonyl (C=O) groups excluding carboxylic acids is 1. The van der Waals surface area contributed by atoms with Gasteiger partial charge in [-0.3, -0.25) is 9.89 Å². The second-order valence-corrected chi connectivity index (χ2v) is 6.49. The molecule has 1 atom stereocenters. The zero-order valence-electron chi connectivity index (χ0n) is 14.0. The second-order valence-electron chi connectivity index (χ2n) is 6.05. The Morgan fingerprint density at radius 2 is 2.00 bits per heavy atom. The molecule has 7 heteroatoms. The number of amides is 1. The Balaban J connectivity index is 1.59. The molecular weight excluding hydrogens is 350 g/mol. The van der Waals surface area contributed by atoms with Crippen molar-refractivity contribution < 1.29 is 4.79 Å². The number of nitrogens with zero attached hydrogens (tertiary/aromatic N) is 2. The first kappa shape index (κ1) is 16.4. The minimum atomic E-state index is -0.150. The quantitative estimate of drug-likeness (QED) is 0.509. The molecule has 0 aliphatic heterocycles. The Labute approximate surface area is 154 Å². The van der Waals surface area contributed by atoms with Crippen LogP contribution in [0.1, 0.15) is 28.9 Å². The maximum absolute atomic E-state index is 12.5. The van der Waals surface area contributed by atoms with Gasteiger partial charge < -0.3 is 10.3 Å². The summed E-state index contributed by atoms with van der Waals surface area (Å²) in [6.45, 7) is 1.91. The van der Waals surface area contributed by atoms with Crippen molar-refractivity contribution in [3.63, 3.8) is 0 Å². The summed E-state index contributed by atoms with van der Waals surface area (Å²) in [6.07, 6.45) is 3.46. The van der Waals surface area contributed by atoms with Gasteiger partial charge in [0, 0.05) is 27.9 Å². The predicted molar refractivity (Wildman–Crippen MR) is 101 cm³/mol. The lowest BCUT2D eigenvalue weighted by Crippen LogP contribution is -2.26. The lowest BCUT2D eigenvalue weighted by atomic mass is 10.1. The Kier molecular flexibility index (Phi) is 4.18. The number of hydrogen-bond acceptors (Lipinski definition) is 3. The summed E-state index contributed by atoms with van der Waals surface area (Å²) in [7, 11) is 0. The van der Waals surface area contributed by atoms with Crippen LogP contribution < -0.4 is 5.32 Å². The Morgan fingerprint density at radius 3 is 2.73 bits per heavy atom. The van der Waals surface area contributed by atoms with Crippen LogP contribution in [-0.4, -0.2) is 26.1 Å². The number of nitrogens with one attached hydrogen (secondary N) is 3. The van der Waals surface area contributed by atoms with Crippen LogP contribution in [-0.2, 0) is 0 Å². The van der Waals surface area contributed by atoms with Crippen molar-refractivity contribution >= 4 is 28.5 Å². The molecule has 130 valence electrons. The van der Waals surface area contributed by atoms with Crippen LogP contribution in [0.2, 0.25) is 5.02 Å². The highest BCUT2D eigenvalue weighted by Crippen LogP contribution is 2.23. The molecule has 6 nitrogen and oxygen atoms in total. The van der Waals surface area contributed by atoms with Crippen molar-refractivity contribution in [3.8, 4) is 11.4 Å². The molecule has 2 aromatic carbocycles. The van der Waals surface area contributed by atoms with E-state index in [2.05, 4.69) is 25.5 Å². The third kappa shape index (κ3) is 3.19. The number of benzene rings is 2. The van der Waals surface area contributed by atoms with Crippen LogP contribution in [0.5, 0.6) is 0 Å². The maximum atomic E-state index is 12.5. The van der Waals surface area contributed by atoms with E-state index >= 15 is 0 Å². The molecule has 1 amide bonds. The van der Waals surface area contributed by atoms with Crippen LogP contribution in [0.4, 0.5) is 0 Å². The molecule has 0 aliphatic carbocycles. The first-order valence-corrected chi connectivity index (χ1v) is 8.53. The van der Waals surface area contributed by atoms with E-state index in [0.29, 0.717) is 10.6 Å². The van der Waals surface area contributed by atoms with E-state index in [1.807, 2.05) is 37.3 Å². The summed E-state index contributed by atoms with van der Waals surface area (Å²) in [5.41, 5.74) is 4.03. The van der Waals surface area contributed by atoms with Crippen molar-refractivity contribution in [2.24, 2.45) is 0 Å². The van der Waals surface area contributed by atoms with Gasteiger partial charge in [-0.15, -0.1) is 0 Å². The summed E-state index contributed by atoms with van der Waals surface area (Å²) in [6, 6.07) is 12.7. The molecule has 3 N–H and O–H groups in total. The summed E-state index contributed by atoms with van der Waals surface area (Å²) in [5, 5.41) is 10.3. The number of rotatable bonds is 4. The van der Waals surface area contributed by atoms with Gasteiger partial charge in [-0.1, -0.05) is 11.6 Å². The third-order valence-electron chi connectivity index (χ3n) is 4.23. The number of carbonyl (C=O) groups is 1. The topological polar surface area (TPSA) is 86.5 Å². The molecule has 2 aromatic heterocycles. The van der Waals surface area contributed by atoms with E-state index in [0.717, 1.165) is 28.0 Å². The highest BCUT2D eigenvalue weighted by atomic mass is 35.5. The normalized spacial score (nSPS) is 12.2. The van der Waals surface area contributed by atoms with E-state index in [4.69, 9.17) is 11.6 Å². The van der Waals surface area contributed by atoms with Gasteiger partial charge in [0.15, 0.2) is 0 Å². The second kappa shape index (κ2) is 6.65. The fourth-order valence-electron chi connectivity index (χ4n) is 2.76. The molecule has 0 aliphatic rings. The highest BCUT2D eigenvalue weighted by molar-refractivity contribution is 6.30. The number of H-pyrrole nitrogens is 2. The Hall–Kier alpha value is -3.12. The molecule has 0 saturated carbocycles. The highest BCUT2D eigenvalue weighted by Gasteiger charge is 2.14. The summed E-state index contributed by atoms with van der Waals surface area (Å²) >= 11 is 5.93. The van der Waals surface area contributed by atoms with Gasteiger partial charge in [0.1, 0.15) is 5.82 Å². The van der Waals surface area contributed by atoms with Crippen molar-refractivity contribution in [3.05, 3.63) is 71.0 Å². The largest absolute Gasteiger partial charge is 0.345 e. The van der Waals surface area contributed by atoms with Crippen LogP contribution in [0.3, 0.4) is 0 Å². The van der Waals surface area contributed by atoms with Gasteiger partial charge in [-0.2, -0.15) is 5.10 Å². The molecule has 0 bridgehead atoms. The predicted octanol–water partition coefficient (Wildman–Crippen LogP) is 4.10. The molecule has 4 aromatic rings. The average Bonchev–Trinajstić information content (AvgIpc) is 3.31. The maximum Gasteiger partial charge on any atom is 0.251 e. The van der Waals surface area contributed by atoms with Crippen LogP contribution in [0.25, 0.3) is 22.4 Å². The van der Waals surface area contributed by atoms with Crippen LogP contribution >= 0.6 is 11.6 Å². The zero-order chi connectivity index (χ0) is 18.1. The van der Waals surface area contributed by atoms with Gasteiger partial charge >= 0.3 is 0 Å². The number of imidazole rings is 1. The fourth-order valence-corrected chi connectivity index (χ4v) is 2.88. The average molecular weight is 366 g/mol.